The molecule has 0 N–H and O–H groups in total. The van der Waals surface area contributed by atoms with Crippen molar-refractivity contribution in [3.05, 3.63) is 64.1 Å². The zero-order valence-electron chi connectivity index (χ0n) is 13.4. The van der Waals surface area contributed by atoms with Gasteiger partial charge in [-0.2, -0.15) is 0 Å². The van der Waals surface area contributed by atoms with Crippen LogP contribution in [0.3, 0.4) is 0 Å². The number of piperazine rings is 1. The minimum Gasteiger partial charge on any atom is -0.445 e. The summed E-state index contributed by atoms with van der Waals surface area (Å²) in [6.07, 6.45) is -0.397. The maximum atomic E-state index is 14.0. The van der Waals surface area contributed by atoms with Crippen LogP contribution in [0.15, 0.2) is 46.9 Å². The average Bonchev–Trinajstić information content (AvgIpc) is 2.64. The Balaban J connectivity index is 1.55. The number of hydrogen-bond acceptors (Lipinski definition) is 3. The van der Waals surface area contributed by atoms with Crippen LogP contribution in [0.5, 0.6) is 0 Å². The number of ether oxygens (including phenoxy) is 1. The lowest BCUT2D eigenvalue weighted by atomic mass is 10.2. The van der Waals surface area contributed by atoms with Gasteiger partial charge in [0.25, 0.3) is 0 Å². The molecule has 0 aliphatic carbocycles. The van der Waals surface area contributed by atoms with Crippen molar-refractivity contribution >= 4 is 27.7 Å². The molecular weight excluding hydrogens is 394 g/mol. The summed E-state index contributed by atoms with van der Waals surface area (Å²) in [6.45, 7) is 1.83. The second-order valence-electron chi connectivity index (χ2n) is 5.73. The Bertz CT molecular complexity index is 750. The Morgan fingerprint density at radius 3 is 2.40 bits per heavy atom. The summed E-state index contributed by atoms with van der Waals surface area (Å²) in [4.78, 5) is 15.4. The molecule has 132 valence electrons. The molecule has 0 bridgehead atoms. The number of anilines is 1. The first kappa shape index (κ1) is 17.7. The largest absolute Gasteiger partial charge is 0.445 e. The summed E-state index contributed by atoms with van der Waals surface area (Å²) < 4.78 is 33.1. The molecule has 1 amide bonds. The van der Waals surface area contributed by atoms with Gasteiger partial charge in [0, 0.05) is 32.2 Å². The highest BCUT2D eigenvalue weighted by molar-refractivity contribution is 9.10. The molecule has 1 aliphatic rings. The van der Waals surface area contributed by atoms with E-state index in [4.69, 9.17) is 4.74 Å². The maximum absolute atomic E-state index is 14.0. The Morgan fingerprint density at radius 2 is 1.72 bits per heavy atom. The zero-order valence-corrected chi connectivity index (χ0v) is 15.0. The van der Waals surface area contributed by atoms with Gasteiger partial charge < -0.3 is 14.5 Å². The molecule has 0 unspecified atom stereocenters. The van der Waals surface area contributed by atoms with Crippen LogP contribution in [-0.2, 0) is 11.3 Å². The van der Waals surface area contributed by atoms with Crippen molar-refractivity contribution in [2.24, 2.45) is 0 Å². The monoisotopic (exact) mass is 410 g/mol. The van der Waals surface area contributed by atoms with E-state index >= 15 is 0 Å². The summed E-state index contributed by atoms with van der Waals surface area (Å²) in [5.41, 5.74) is 1.12. The molecule has 0 radical (unpaired) electrons. The second kappa shape index (κ2) is 7.82. The third-order valence-electron chi connectivity index (χ3n) is 4.07. The third-order valence-corrected chi connectivity index (χ3v) is 4.68. The van der Waals surface area contributed by atoms with E-state index in [1.165, 1.54) is 6.07 Å². The van der Waals surface area contributed by atoms with Crippen LogP contribution in [0.1, 0.15) is 5.56 Å². The van der Waals surface area contributed by atoms with Gasteiger partial charge >= 0.3 is 6.09 Å². The standard InChI is InChI=1S/C18H17BrF2N2O2/c19-14-10-16(21)17(11-15(14)20)22-6-8-23(9-7-22)18(24)25-12-13-4-2-1-3-5-13/h1-5,10-11H,6-9,12H2. The molecule has 25 heavy (non-hydrogen) atoms. The number of amides is 1. The molecule has 0 spiro atoms. The lowest BCUT2D eigenvalue weighted by Crippen LogP contribution is -2.49. The van der Waals surface area contributed by atoms with Crippen LogP contribution in [-0.4, -0.2) is 37.2 Å². The van der Waals surface area contributed by atoms with Gasteiger partial charge in [0.05, 0.1) is 10.2 Å². The highest BCUT2D eigenvalue weighted by Gasteiger charge is 2.24. The van der Waals surface area contributed by atoms with Gasteiger partial charge in [-0.1, -0.05) is 30.3 Å². The first-order chi connectivity index (χ1) is 12.0. The summed E-state index contributed by atoms with van der Waals surface area (Å²) in [7, 11) is 0. The van der Waals surface area contributed by atoms with Crippen molar-refractivity contribution in [3.63, 3.8) is 0 Å². The van der Waals surface area contributed by atoms with Crippen LogP contribution in [0, 0.1) is 11.6 Å². The average molecular weight is 411 g/mol. The van der Waals surface area contributed by atoms with Crippen molar-refractivity contribution in [1.82, 2.24) is 4.90 Å². The number of benzene rings is 2. The predicted molar refractivity (Wildman–Crippen MR) is 94.5 cm³/mol. The summed E-state index contributed by atoms with van der Waals surface area (Å²) in [5, 5.41) is 0. The summed E-state index contributed by atoms with van der Waals surface area (Å²) >= 11 is 2.97. The first-order valence-electron chi connectivity index (χ1n) is 7.89. The topological polar surface area (TPSA) is 32.8 Å². The second-order valence-corrected chi connectivity index (χ2v) is 6.59. The SMILES string of the molecule is O=C(OCc1ccccc1)N1CCN(c2cc(F)c(Br)cc2F)CC1. The minimum absolute atomic E-state index is 0.0943. The third kappa shape index (κ3) is 4.28. The Labute approximate surface area is 153 Å². The van der Waals surface area contributed by atoms with Crippen LogP contribution in [0.25, 0.3) is 0 Å². The number of rotatable bonds is 3. The molecule has 3 rings (SSSR count). The number of halogens is 3. The van der Waals surface area contributed by atoms with Gasteiger partial charge in [-0.25, -0.2) is 13.6 Å². The molecule has 0 aromatic heterocycles. The fourth-order valence-electron chi connectivity index (χ4n) is 2.69. The highest BCUT2D eigenvalue weighted by Crippen LogP contribution is 2.27. The van der Waals surface area contributed by atoms with Crippen LogP contribution in [0.4, 0.5) is 19.3 Å². The highest BCUT2D eigenvalue weighted by atomic mass is 79.9. The first-order valence-corrected chi connectivity index (χ1v) is 8.69. The number of nitrogens with zero attached hydrogens (tertiary/aromatic N) is 2. The summed E-state index contributed by atoms with van der Waals surface area (Å²) in [5.74, 6) is -1.01. The van der Waals surface area contributed by atoms with Gasteiger partial charge in [-0.05, 0) is 27.6 Å². The van der Waals surface area contributed by atoms with Gasteiger partial charge in [0.15, 0.2) is 0 Å². The summed E-state index contributed by atoms with van der Waals surface area (Å²) in [6, 6.07) is 11.7. The fraction of sp³-hybridized carbons (Fsp3) is 0.278. The molecule has 1 fully saturated rings. The molecule has 4 nitrogen and oxygen atoms in total. The van der Waals surface area contributed by atoms with E-state index in [0.717, 1.165) is 11.6 Å². The lowest BCUT2D eigenvalue weighted by Gasteiger charge is -2.35. The van der Waals surface area contributed by atoms with Gasteiger partial charge in [-0.3, -0.25) is 0 Å². The Hall–Kier alpha value is -2.15. The predicted octanol–water partition coefficient (Wildman–Crippen LogP) is 4.19. The van der Waals surface area contributed by atoms with E-state index in [2.05, 4.69) is 15.9 Å². The molecule has 1 aliphatic heterocycles. The normalized spacial score (nSPS) is 14.5. The van der Waals surface area contributed by atoms with E-state index in [9.17, 15) is 13.6 Å². The van der Waals surface area contributed by atoms with E-state index in [-0.39, 0.29) is 16.8 Å². The van der Waals surface area contributed by atoms with Crippen molar-refractivity contribution in [1.29, 1.82) is 0 Å². The fourth-order valence-corrected chi connectivity index (χ4v) is 3.01. The molecule has 2 aromatic rings. The molecular formula is C18H17BrF2N2O2. The van der Waals surface area contributed by atoms with E-state index in [1.54, 1.807) is 9.80 Å². The van der Waals surface area contributed by atoms with Crippen molar-refractivity contribution < 1.29 is 18.3 Å². The molecule has 0 saturated carbocycles. The smallest absolute Gasteiger partial charge is 0.410 e. The molecule has 7 heteroatoms. The minimum atomic E-state index is -0.513. The molecule has 0 atom stereocenters. The van der Waals surface area contributed by atoms with E-state index < -0.39 is 17.7 Å². The number of carbonyl (C=O) groups is 1. The Kier molecular flexibility index (Phi) is 5.53. The van der Waals surface area contributed by atoms with Crippen molar-refractivity contribution in [2.75, 3.05) is 31.1 Å². The molecule has 2 aromatic carbocycles. The van der Waals surface area contributed by atoms with Gasteiger partial charge in [0.1, 0.15) is 18.2 Å². The number of hydrogen-bond donors (Lipinski definition) is 0. The van der Waals surface area contributed by atoms with Gasteiger partial charge in [-0.15, -0.1) is 0 Å². The van der Waals surface area contributed by atoms with Crippen LogP contribution >= 0.6 is 15.9 Å². The van der Waals surface area contributed by atoms with Crippen molar-refractivity contribution in [3.8, 4) is 0 Å². The van der Waals surface area contributed by atoms with Gasteiger partial charge in [0.2, 0.25) is 0 Å². The van der Waals surface area contributed by atoms with Crippen LogP contribution in [0.2, 0.25) is 0 Å². The maximum Gasteiger partial charge on any atom is 0.410 e. The molecule has 1 heterocycles. The molecule has 1 saturated heterocycles. The van der Waals surface area contributed by atoms with Crippen LogP contribution < -0.4 is 4.90 Å². The zero-order chi connectivity index (χ0) is 17.8. The number of carbonyl (C=O) groups excluding carboxylic acids is 1. The van der Waals surface area contributed by atoms with E-state index in [1.807, 2.05) is 30.3 Å². The Morgan fingerprint density at radius 1 is 1.04 bits per heavy atom. The van der Waals surface area contributed by atoms with Crippen molar-refractivity contribution in [2.45, 2.75) is 6.61 Å². The quantitative estimate of drug-likeness (QED) is 0.711. The van der Waals surface area contributed by atoms with E-state index in [0.29, 0.717) is 26.2 Å². The lowest BCUT2D eigenvalue weighted by molar-refractivity contribution is 0.0941.